The summed E-state index contributed by atoms with van der Waals surface area (Å²) in [7, 11) is 0. The van der Waals surface area contributed by atoms with Crippen LogP contribution in [0.15, 0.2) is 24.3 Å². The lowest BCUT2D eigenvalue weighted by Gasteiger charge is -2.12. The van der Waals surface area contributed by atoms with Gasteiger partial charge < -0.3 is 0 Å². The molecule has 2 rings (SSSR count). The molecule has 2 atom stereocenters. The maximum Gasteiger partial charge on any atom is 0.0406 e. The number of alkyl halides is 1. The first-order chi connectivity index (χ1) is 6.75. The molecule has 1 aliphatic heterocycles. The highest BCUT2D eigenvalue weighted by atomic mass is 79.9. The van der Waals surface area contributed by atoms with E-state index < -0.39 is 0 Å². The first-order valence-electron chi connectivity index (χ1n) is 4.72. The monoisotopic (exact) mass is 290 g/mol. The quantitative estimate of drug-likeness (QED) is 0.742. The van der Waals surface area contributed by atoms with Crippen LogP contribution < -0.4 is 0 Å². The lowest BCUT2D eigenvalue weighted by molar-refractivity contribution is 0.616. The van der Waals surface area contributed by atoms with Crippen LogP contribution in [-0.2, 0) is 6.42 Å². The maximum absolute atomic E-state index is 5.84. The van der Waals surface area contributed by atoms with E-state index in [1.54, 1.807) is 0 Å². The van der Waals surface area contributed by atoms with Crippen molar-refractivity contribution in [3.8, 4) is 0 Å². The molecule has 0 amide bonds. The van der Waals surface area contributed by atoms with Crippen molar-refractivity contribution < 1.29 is 0 Å². The van der Waals surface area contributed by atoms with Crippen molar-refractivity contribution >= 4 is 39.3 Å². The van der Waals surface area contributed by atoms with Crippen molar-refractivity contribution in [2.45, 2.75) is 11.2 Å². The van der Waals surface area contributed by atoms with Crippen LogP contribution in [0.1, 0.15) is 5.56 Å². The summed E-state index contributed by atoms with van der Waals surface area (Å²) < 4.78 is 0. The van der Waals surface area contributed by atoms with Gasteiger partial charge in [-0.3, -0.25) is 0 Å². The normalized spacial score (nSPS) is 26.7. The van der Waals surface area contributed by atoms with E-state index in [9.17, 15) is 0 Å². The minimum absolute atomic E-state index is 0.683. The Kier molecular flexibility index (Phi) is 3.80. The topological polar surface area (TPSA) is 0 Å². The van der Waals surface area contributed by atoms with Gasteiger partial charge in [0.25, 0.3) is 0 Å². The molecular weight excluding hydrogens is 280 g/mol. The summed E-state index contributed by atoms with van der Waals surface area (Å²) in [5.74, 6) is 3.30. The highest BCUT2D eigenvalue weighted by Gasteiger charge is 2.25. The van der Waals surface area contributed by atoms with Gasteiger partial charge in [-0.2, -0.15) is 11.8 Å². The number of benzene rings is 1. The largest absolute Gasteiger partial charge is 0.160 e. The summed E-state index contributed by atoms with van der Waals surface area (Å²) in [4.78, 5) is 0.683. The van der Waals surface area contributed by atoms with Crippen LogP contribution in [0.25, 0.3) is 0 Å². The van der Waals surface area contributed by atoms with Crippen molar-refractivity contribution in [2.75, 3.05) is 11.5 Å². The van der Waals surface area contributed by atoms with E-state index in [4.69, 9.17) is 11.6 Å². The Morgan fingerprint density at radius 3 is 2.57 bits per heavy atom. The molecule has 0 bridgehead atoms. The molecule has 0 N–H and O–H groups in total. The molecule has 0 radical (unpaired) electrons. The van der Waals surface area contributed by atoms with Gasteiger partial charge in [0.15, 0.2) is 0 Å². The zero-order chi connectivity index (χ0) is 9.97. The van der Waals surface area contributed by atoms with E-state index in [1.807, 2.05) is 23.9 Å². The van der Waals surface area contributed by atoms with Gasteiger partial charge in [-0.15, -0.1) is 0 Å². The molecule has 1 aromatic rings. The van der Waals surface area contributed by atoms with Crippen molar-refractivity contribution in [1.82, 2.24) is 0 Å². The molecule has 1 saturated heterocycles. The molecule has 1 aromatic carbocycles. The molecule has 14 heavy (non-hydrogen) atoms. The molecule has 1 fully saturated rings. The van der Waals surface area contributed by atoms with E-state index in [2.05, 4.69) is 28.1 Å². The fraction of sp³-hybridized carbons (Fsp3) is 0.455. The second-order valence-electron chi connectivity index (χ2n) is 3.64. The van der Waals surface area contributed by atoms with Crippen LogP contribution in [0.4, 0.5) is 0 Å². The van der Waals surface area contributed by atoms with E-state index in [1.165, 1.54) is 23.5 Å². The van der Waals surface area contributed by atoms with Gasteiger partial charge in [0.1, 0.15) is 0 Å². The first kappa shape index (κ1) is 10.8. The molecule has 0 aliphatic carbocycles. The number of hydrogen-bond donors (Lipinski definition) is 0. The molecule has 76 valence electrons. The van der Waals surface area contributed by atoms with Crippen molar-refractivity contribution in [1.29, 1.82) is 0 Å². The standard InChI is InChI=1S/C11H12BrClS/c12-11-7-14-6-9(11)5-8-1-3-10(13)4-2-8/h1-4,9,11H,5-7H2. The Morgan fingerprint density at radius 1 is 1.29 bits per heavy atom. The predicted octanol–water partition coefficient (Wildman–Crippen LogP) is 4.01. The number of halogens is 2. The Hall–Kier alpha value is 0.340. The Bertz CT molecular complexity index is 299. The Labute approximate surface area is 103 Å². The third-order valence-electron chi connectivity index (χ3n) is 2.53. The van der Waals surface area contributed by atoms with Gasteiger partial charge in [-0.05, 0) is 35.8 Å². The van der Waals surface area contributed by atoms with Gasteiger partial charge >= 0.3 is 0 Å². The van der Waals surface area contributed by atoms with Gasteiger partial charge in [0.05, 0.1) is 0 Å². The average molecular weight is 292 g/mol. The number of hydrogen-bond acceptors (Lipinski definition) is 1. The van der Waals surface area contributed by atoms with Crippen LogP contribution in [0.2, 0.25) is 5.02 Å². The van der Waals surface area contributed by atoms with Crippen molar-refractivity contribution in [2.24, 2.45) is 5.92 Å². The van der Waals surface area contributed by atoms with E-state index in [0.717, 1.165) is 10.9 Å². The highest BCUT2D eigenvalue weighted by Crippen LogP contribution is 2.32. The second-order valence-corrected chi connectivity index (χ2v) is 6.33. The summed E-state index contributed by atoms with van der Waals surface area (Å²) >= 11 is 11.6. The van der Waals surface area contributed by atoms with Crippen LogP contribution in [0.5, 0.6) is 0 Å². The SMILES string of the molecule is Clc1ccc(CC2CSCC2Br)cc1. The van der Waals surface area contributed by atoms with Gasteiger partial charge in [0.2, 0.25) is 0 Å². The van der Waals surface area contributed by atoms with E-state index in [-0.39, 0.29) is 0 Å². The minimum atomic E-state index is 0.683. The van der Waals surface area contributed by atoms with Gasteiger partial charge in [-0.1, -0.05) is 39.7 Å². The number of thioether (sulfide) groups is 1. The second kappa shape index (κ2) is 4.91. The van der Waals surface area contributed by atoms with E-state index in [0.29, 0.717) is 4.83 Å². The third-order valence-corrected chi connectivity index (χ3v) is 5.54. The van der Waals surface area contributed by atoms with Crippen LogP contribution in [-0.4, -0.2) is 16.3 Å². The Morgan fingerprint density at radius 2 is 2.00 bits per heavy atom. The highest BCUT2D eigenvalue weighted by molar-refractivity contribution is 9.09. The summed E-state index contributed by atoms with van der Waals surface area (Å²) in [6.07, 6.45) is 1.17. The smallest absolute Gasteiger partial charge is 0.0406 e. The molecule has 0 spiro atoms. The van der Waals surface area contributed by atoms with Crippen molar-refractivity contribution in [3.63, 3.8) is 0 Å². The molecular formula is C11H12BrClS. The third kappa shape index (κ3) is 2.68. The average Bonchev–Trinajstić information content (AvgIpc) is 2.56. The predicted molar refractivity (Wildman–Crippen MR) is 68.7 cm³/mol. The van der Waals surface area contributed by atoms with E-state index >= 15 is 0 Å². The molecule has 0 nitrogen and oxygen atoms in total. The molecule has 0 saturated carbocycles. The molecule has 3 heteroatoms. The Balaban J connectivity index is 2.00. The van der Waals surface area contributed by atoms with Crippen LogP contribution >= 0.6 is 39.3 Å². The summed E-state index contributed by atoms with van der Waals surface area (Å²) in [6, 6.07) is 8.21. The lowest BCUT2D eigenvalue weighted by Crippen LogP contribution is -2.14. The summed E-state index contributed by atoms with van der Waals surface area (Å²) in [6.45, 7) is 0. The first-order valence-corrected chi connectivity index (χ1v) is 7.17. The fourth-order valence-electron chi connectivity index (χ4n) is 1.68. The van der Waals surface area contributed by atoms with Gasteiger partial charge in [0, 0.05) is 15.6 Å². The maximum atomic E-state index is 5.84. The molecule has 1 heterocycles. The summed E-state index contributed by atoms with van der Waals surface area (Å²) in [5.41, 5.74) is 1.39. The zero-order valence-corrected chi connectivity index (χ0v) is 10.9. The lowest BCUT2D eigenvalue weighted by atomic mass is 9.99. The fourth-order valence-corrected chi connectivity index (χ4v) is 4.28. The molecule has 1 aliphatic rings. The molecule has 0 aromatic heterocycles. The minimum Gasteiger partial charge on any atom is -0.160 e. The van der Waals surface area contributed by atoms with Crippen LogP contribution in [0, 0.1) is 5.92 Å². The van der Waals surface area contributed by atoms with Gasteiger partial charge in [-0.25, -0.2) is 0 Å². The summed E-state index contributed by atoms with van der Waals surface area (Å²) in [5, 5.41) is 0.824. The zero-order valence-electron chi connectivity index (χ0n) is 7.75. The van der Waals surface area contributed by atoms with Crippen LogP contribution in [0.3, 0.4) is 0 Å². The molecule has 2 unspecified atom stereocenters. The van der Waals surface area contributed by atoms with Crippen molar-refractivity contribution in [3.05, 3.63) is 34.9 Å². The number of rotatable bonds is 2.